The van der Waals surface area contributed by atoms with Gasteiger partial charge in [0.2, 0.25) is 17.7 Å². The van der Waals surface area contributed by atoms with E-state index in [0.29, 0.717) is 18.7 Å². The zero-order valence-electron chi connectivity index (χ0n) is 19.4. The number of aromatic nitrogens is 3. The van der Waals surface area contributed by atoms with Gasteiger partial charge in [-0.1, -0.05) is 53.7 Å². The van der Waals surface area contributed by atoms with Crippen LogP contribution < -0.4 is 16.1 Å². The van der Waals surface area contributed by atoms with Crippen LogP contribution in [0.15, 0.2) is 66.9 Å². The van der Waals surface area contributed by atoms with Gasteiger partial charge >= 0.3 is 0 Å². The zero-order valence-corrected chi connectivity index (χ0v) is 19.4. The first-order valence-corrected chi connectivity index (χ1v) is 11.5. The number of hydrogen-bond acceptors (Lipinski definition) is 6. The van der Waals surface area contributed by atoms with Crippen molar-refractivity contribution in [1.82, 2.24) is 25.8 Å². The Morgan fingerprint density at radius 2 is 1.69 bits per heavy atom. The van der Waals surface area contributed by atoms with Gasteiger partial charge in [0.05, 0.1) is 19.3 Å². The van der Waals surface area contributed by atoms with Gasteiger partial charge in [0.1, 0.15) is 5.69 Å². The van der Waals surface area contributed by atoms with Crippen LogP contribution in [0, 0.1) is 5.92 Å². The zero-order chi connectivity index (χ0) is 24.9. The Bertz CT molecular complexity index is 1090. The number of amides is 3. The fourth-order valence-electron chi connectivity index (χ4n) is 3.60. The Hall–Kier alpha value is -4.05. The van der Waals surface area contributed by atoms with E-state index in [2.05, 4.69) is 20.9 Å². The molecule has 0 aliphatic rings. The third-order valence-electron chi connectivity index (χ3n) is 5.44. The number of nitrogens with zero attached hydrogens (tertiary/aromatic N) is 3. The second kappa shape index (κ2) is 13.6. The summed E-state index contributed by atoms with van der Waals surface area (Å²) >= 11 is 0. The number of benzene rings is 2. The number of hydroxylamine groups is 1. The molecule has 2 aromatic carbocycles. The van der Waals surface area contributed by atoms with E-state index in [1.165, 1.54) is 0 Å². The van der Waals surface area contributed by atoms with Gasteiger partial charge < -0.3 is 10.6 Å². The SMILES string of the molecule is O=C(CC(CCCc1ccccc1)C(=O)NCc1cn(CCC(=O)Nc2ccccc2)nn1)NO. The van der Waals surface area contributed by atoms with Crippen LogP contribution >= 0.6 is 0 Å². The van der Waals surface area contributed by atoms with E-state index in [1.54, 1.807) is 16.4 Å². The molecule has 1 atom stereocenters. The Kier molecular flexibility index (Phi) is 9.94. The topological polar surface area (TPSA) is 138 Å². The lowest BCUT2D eigenvalue weighted by atomic mass is 9.95. The number of anilines is 1. The minimum Gasteiger partial charge on any atom is -0.350 e. The molecule has 0 fully saturated rings. The van der Waals surface area contributed by atoms with Crippen molar-refractivity contribution in [2.75, 3.05) is 5.32 Å². The van der Waals surface area contributed by atoms with Gasteiger partial charge in [-0.3, -0.25) is 24.3 Å². The van der Waals surface area contributed by atoms with Crippen molar-refractivity contribution in [2.45, 2.75) is 45.2 Å². The molecule has 0 saturated carbocycles. The van der Waals surface area contributed by atoms with Crippen LogP contribution in [0.3, 0.4) is 0 Å². The van der Waals surface area contributed by atoms with Gasteiger partial charge in [0.25, 0.3) is 0 Å². The van der Waals surface area contributed by atoms with Crippen LogP contribution in [0.2, 0.25) is 0 Å². The number of carbonyl (C=O) groups is 3. The van der Waals surface area contributed by atoms with Gasteiger partial charge in [-0.15, -0.1) is 5.10 Å². The van der Waals surface area contributed by atoms with Gasteiger partial charge in [0, 0.05) is 24.4 Å². The predicted molar refractivity (Wildman–Crippen MR) is 129 cm³/mol. The highest BCUT2D eigenvalue weighted by Gasteiger charge is 2.21. The minimum absolute atomic E-state index is 0.111. The Morgan fingerprint density at radius 1 is 0.971 bits per heavy atom. The first-order valence-electron chi connectivity index (χ1n) is 11.5. The third kappa shape index (κ3) is 9.01. The molecule has 4 N–H and O–H groups in total. The summed E-state index contributed by atoms with van der Waals surface area (Å²) in [4.78, 5) is 36.5. The first kappa shape index (κ1) is 25.6. The molecule has 0 spiro atoms. The summed E-state index contributed by atoms with van der Waals surface area (Å²) in [5.41, 5.74) is 4.02. The molecule has 10 nitrogen and oxygen atoms in total. The molecule has 3 aromatic rings. The van der Waals surface area contributed by atoms with Crippen LogP contribution in [0.5, 0.6) is 0 Å². The monoisotopic (exact) mass is 478 g/mol. The van der Waals surface area contributed by atoms with E-state index in [4.69, 9.17) is 5.21 Å². The number of para-hydroxylation sites is 1. The number of rotatable bonds is 13. The molecule has 1 heterocycles. The van der Waals surface area contributed by atoms with E-state index in [1.807, 2.05) is 60.7 Å². The molecule has 0 aliphatic heterocycles. The van der Waals surface area contributed by atoms with E-state index in [9.17, 15) is 14.4 Å². The quantitative estimate of drug-likeness (QED) is 0.220. The van der Waals surface area contributed by atoms with E-state index in [0.717, 1.165) is 24.1 Å². The van der Waals surface area contributed by atoms with Crippen molar-refractivity contribution in [2.24, 2.45) is 5.92 Å². The van der Waals surface area contributed by atoms with Crippen molar-refractivity contribution in [3.8, 4) is 0 Å². The van der Waals surface area contributed by atoms with Crippen molar-refractivity contribution < 1.29 is 19.6 Å². The Balaban J connectivity index is 1.44. The molecule has 0 bridgehead atoms. The fraction of sp³-hybridized carbons (Fsp3) is 0.320. The summed E-state index contributed by atoms with van der Waals surface area (Å²) in [6, 6.07) is 19.1. The summed E-state index contributed by atoms with van der Waals surface area (Å²) in [6.45, 7) is 0.489. The first-order chi connectivity index (χ1) is 17.0. The average molecular weight is 479 g/mol. The molecule has 3 amide bonds. The number of aryl methyl sites for hydroxylation is 2. The molecule has 35 heavy (non-hydrogen) atoms. The highest BCUT2D eigenvalue weighted by molar-refractivity contribution is 5.90. The lowest BCUT2D eigenvalue weighted by Gasteiger charge is -2.15. The maximum absolute atomic E-state index is 12.7. The highest BCUT2D eigenvalue weighted by atomic mass is 16.5. The fourth-order valence-corrected chi connectivity index (χ4v) is 3.60. The van der Waals surface area contributed by atoms with Crippen LogP contribution in [0.1, 0.15) is 36.9 Å². The molecule has 184 valence electrons. The molecule has 0 aliphatic carbocycles. The highest BCUT2D eigenvalue weighted by Crippen LogP contribution is 2.15. The summed E-state index contributed by atoms with van der Waals surface area (Å²) in [6.07, 6.45) is 3.79. The molecule has 1 unspecified atom stereocenters. The lowest BCUT2D eigenvalue weighted by Crippen LogP contribution is -2.34. The second-order valence-corrected chi connectivity index (χ2v) is 8.17. The average Bonchev–Trinajstić information content (AvgIpc) is 3.34. The number of nitrogens with one attached hydrogen (secondary N) is 3. The van der Waals surface area contributed by atoms with Crippen LogP contribution in [-0.4, -0.2) is 37.9 Å². The van der Waals surface area contributed by atoms with Gasteiger partial charge in [-0.25, -0.2) is 5.48 Å². The summed E-state index contributed by atoms with van der Waals surface area (Å²) in [7, 11) is 0. The third-order valence-corrected chi connectivity index (χ3v) is 5.44. The number of carbonyl (C=O) groups excluding carboxylic acids is 3. The summed E-state index contributed by atoms with van der Waals surface area (Å²) in [5.74, 6) is -1.62. The smallest absolute Gasteiger partial charge is 0.244 e. The van der Waals surface area contributed by atoms with Crippen molar-refractivity contribution in [1.29, 1.82) is 0 Å². The van der Waals surface area contributed by atoms with E-state index in [-0.39, 0.29) is 31.2 Å². The Labute approximate surface area is 203 Å². The van der Waals surface area contributed by atoms with Crippen LogP contribution in [-0.2, 0) is 33.9 Å². The van der Waals surface area contributed by atoms with E-state index >= 15 is 0 Å². The maximum atomic E-state index is 12.7. The van der Waals surface area contributed by atoms with Crippen LogP contribution in [0.25, 0.3) is 0 Å². The second-order valence-electron chi connectivity index (χ2n) is 8.17. The largest absolute Gasteiger partial charge is 0.350 e. The molecule has 1 aromatic heterocycles. The Morgan fingerprint density at radius 3 is 2.40 bits per heavy atom. The summed E-state index contributed by atoms with van der Waals surface area (Å²) in [5, 5.41) is 22.5. The van der Waals surface area contributed by atoms with E-state index < -0.39 is 11.8 Å². The molecule has 10 heteroatoms. The van der Waals surface area contributed by atoms with Crippen molar-refractivity contribution >= 4 is 23.4 Å². The van der Waals surface area contributed by atoms with Crippen LogP contribution in [0.4, 0.5) is 5.69 Å². The molecule has 3 rings (SSSR count). The van der Waals surface area contributed by atoms with Gasteiger partial charge in [0.15, 0.2) is 0 Å². The number of hydrogen-bond donors (Lipinski definition) is 4. The molecule has 0 radical (unpaired) electrons. The molecule has 0 saturated heterocycles. The summed E-state index contributed by atoms with van der Waals surface area (Å²) < 4.78 is 1.54. The van der Waals surface area contributed by atoms with Gasteiger partial charge in [-0.05, 0) is 37.0 Å². The van der Waals surface area contributed by atoms with Gasteiger partial charge in [-0.2, -0.15) is 0 Å². The molecular formula is C25H30N6O4. The standard InChI is InChI=1S/C25H30N6O4/c32-23(27-21-12-5-2-6-13-21)14-15-31-18-22(28-30-31)17-26-25(34)20(16-24(33)29-35)11-7-10-19-8-3-1-4-9-19/h1-6,8-9,12-13,18,20,35H,7,10-11,14-17H2,(H,26,34)(H,27,32)(H,29,33). The lowest BCUT2D eigenvalue weighted by molar-refractivity contribution is -0.135. The van der Waals surface area contributed by atoms with Crippen molar-refractivity contribution in [3.63, 3.8) is 0 Å². The maximum Gasteiger partial charge on any atom is 0.244 e. The predicted octanol–water partition coefficient (Wildman–Crippen LogP) is 2.46. The minimum atomic E-state index is -0.607. The molecular weight excluding hydrogens is 448 g/mol. The normalized spacial score (nSPS) is 11.5. The van der Waals surface area contributed by atoms with Crippen molar-refractivity contribution in [3.05, 3.63) is 78.1 Å².